The Kier molecular flexibility index (Phi) is 3.54. The van der Waals surface area contributed by atoms with E-state index in [9.17, 15) is 9.59 Å². The average molecular weight is 286 g/mol. The molecule has 1 unspecified atom stereocenters. The molecule has 2 rings (SSSR count). The van der Waals surface area contributed by atoms with Gasteiger partial charge in [0.05, 0.1) is 17.3 Å². The first-order valence-corrected chi connectivity index (χ1v) is 6.64. The number of esters is 1. The molecule has 4 nitrogen and oxygen atoms in total. The number of rotatable bonds is 2. The van der Waals surface area contributed by atoms with Gasteiger partial charge in [0.2, 0.25) is 0 Å². The molecule has 1 aliphatic rings. The molecule has 1 aliphatic heterocycles. The summed E-state index contributed by atoms with van der Waals surface area (Å²) in [5.41, 5.74) is 0.552. The lowest BCUT2D eigenvalue weighted by Gasteiger charge is -2.31. The molecule has 0 aromatic heterocycles. The maximum Gasteiger partial charge on any atom is 0.332 e. The zero-order valence-corrected chi connectivity index (χ0v) is 11.5. The lowest BCUT2D eigenvalue weighted by Crippen LogP contribution is -2.47. The molecule has 18 heavy (non-hydrogen) atoms. The largest absolute Gasteiger partial charge is 0.465 e. The van der Waals surface area contributed by atoms with Crippen molar-refractivity contribution >= 4 is 40.9 Å². The number of amides is 1. The molecule has 1 aromatic carbocycles. The van der Waals surface area contributed by atoms with Gasteiger partial charge in [0.1, 0.15) is 0 Å². The second kappa shape index (κ2) is 4.82. The summed E-state index contributed by atoms with van der Waals surface area (Å²) in [6.45, 7) is 3.50. The molecule has 0 radical (unpaired) electrons. The quantitative estimate of drug-likeness (QED) is 0.670. The third kappa shape index (κ3) is 2.08. The van der Waals surface area contributed by atoms with Crippen molar-refractivity contribution < 1.29 is 14.3 Å². The fourth-order valence-electron chi connectivity index (χ4n) is 1.61. The van der Waals surface area contributed by atoms with Gasteiger partial charge in [-0.2, -0.15) is 0 Å². The minimum absolute atomic E-state index is 0.241. The smallest absolute Gasteiger partial charge is 0.332 e. The predicted molar refractivity (Wildman–Crippen MR) is 71.0 cm³/mol. The van der Waals surface area contributed by atoms with E-state index in [0.717, 1.165) is 16.7 Å². The van der Waals surface area contributed by atoms with Gasteiger partial charge in [0.15, 0.2) is 4.75 Å². The van der Waals surface area contributed by atoms with Crippen LogP contribution in [-0.4, -0.2) is 23.2 Å². The zero-order chi connectivity index (χ0) is 13.3. The summed E-state index contributed by atoms with van der Waals surface area (Å²) in [5.74, 6) is -0.954. The van der Waals surface area contributed by atoms with Crippen molar-refractivity contribution in [2.24, 2.45) is 0 Å². The number of para-hydroxylation sites is 1. The summed E-state index contributed by atoms with van der Waals surface area (Å²) in [7, 11) is 0. The second-order valence-electron chi connectivity index (χ2n) is 3.92. The highest BCUT2D eigenvalue weighted by Gasteiger charge is 2.47. The number of anilines is 1. The maximum absolute atomic E-state index is 12.1. The number of nitrogens with one attached hydrogen (secondary N) is 1. The van der Waals surface area contributed by atoms with Crippen LogP contribution in [-0.2, 0) is 14.3 Å². The molecule has 1 N–H and O–H groups in total. The van der Waals surface area contributed by atoms with Gasteiger partial charge in [-0.1, -0.05) is 29.4 Å². The molecular weight excluding hydrogens is 274 g/mol. The fraction of sp³-hybridized carbons (Fsp3) is 0.333. The number of ether oxygens (including phenoxy) is 1. The van der Waals surface area contributed by atoms with E-state index in [1.165, 1.54) is 0 Å². The first-order chi connectivity index (χ1) is 8.49. The van der Waals surface area contributed by atoms with Crippen molar-refractivity contribution in [3.05, 3.63) is 23.2 Å². The molecule has 0 saturated carbocycles. The summed E-state index contributed by atoms with van der Waals surface area (Å²) in [6.07, 6.45) is 0. The minimum Gasteiger partial charge on any atom is -0.465 e. The van der Waals surface area contributed by atoms with E-state index in [4.69, 9.17) is 16.3 Å². The maximum atomic E-state index is 12.1. The molecule has 0 spiro atoms. The SMILES string of the molecule is CCOC(=O)C1(C)Sc2cccc(Cl)c2NC1=O. The number of hydrogen-bond donors (Lipinski definition) is 1. The first-order valence-electron chi connectivity index (χ1n) is 5.45. The Balaban J connectivity index is 2.39. The van der Waals surface area contributed by atoms with Gasteiger partial charge in [-0.05, 0) is 26.0 Å². The Morgan fingerprint density at radius 3 is 2.94 bits per heavy atom. The Labute approximate surface area is 114 Å². The molecule has 1 amide bonds. The summed E-state index contributed by atoms with van der Waals surface area (Å²) in [4.78, 5) is 24.7. The van der Waals surface area contributed by atoms with E-state index in [-0.39, 0.29) is 6.61 Å². The van der Waals surface area contributed by atoms with E-state index < -0.39 is 16.6 Å². The van der Waals surface area contributed by atoms with Crippen LogP contribution >= 0.6 is 23.4 Å². The standard InChI is InChI=1S/C12H12ClNO3S/c1-3-17-11(16)12(2)10(15)14-9-7(13)5-4-6-8(9)18-12/h4-6H,3H2,1-2H3,(H,14,15). The highest BCUT2D eigenvalue weighted by atomic mass is 35.5. The molecular formula is C12H12ClNO3S. The van der Waals surface area contributed by atoms with E-state index >= 15 is 0 Å². The van der Waals surface area contributed by atoms with Crippen LogP contribution < -0.4 is 5.32 Å². The van der Waals surface area contributed by atoms with E-state index in [2.05, 4.69) is 5.32 Å². The van der Waals surface area contributed by atoms with Crippen molar-refractivity contribution in [2.75, 3.05) is 11.9 Å². The molecule has 0 aliphatic carbocycles. The van der Waals surface area contributed by atoms with Gasteiger partial charge >= 0.3 is 5.97 Å². The number of thioether (sulfide) groups is 1. The topological polar surface area (TPSA) is 55.4 Å². The molecule has 0 saturated heterocycles. The first kappa shape index (κ1) is 13.2. The lowest BCUT2D eigenvalue weighted by atomic mass is 10.1. The van der Waals surface area contributed by atoms with Gasteiger partial charge in [-0.25, -0.2) is 4.79 Å². The molecule has 6 heteroatoms. The third-order valence-electron chi connectivity index (χ3n) is 2.63. The molecule has 1 heterocycles. The van der Waals surface area contributed by atoms with Crippen LogP contribution in [0.4, 0.5) is 5.69 Å². The van der Waals surface area contributed by atoms with Crippen LogP contribution in [0.2, 0.25) is 5.02 Å². The molecule has 0 bridgehead atoms. The highest BCUT2D eigenvalue weighted by molar-refractivity contribution is 8.02. The number of carbonyl (C=O) groups is 2. The Morgan fingerprint density at radius 2 is 2.28 bits per heavy atom. The number of carbonyl (C=O) groups excluding carboxylic acids is 2. The highest BCUT2D eigenvalue weighted by Crippen LogP contribution is 2.45. The molecule has 1 aromatic rings. The summed E-state index contributed by atoms with van der Waals surface area (Å²) in [6, 6.07) is 5.27. The minimum atomic E-state index is -1.27. The fourth-order valence-corrected chi connectivity index (χ4v) is 3.03. The van der Waals surface area contributed by atoms with E-state index in [0.29, 0.717) is 10.7 Å². The van der Waals surface area contributed by atoms with Crippen molar-refractivity contribution in [1.29, 1.82) is 0 Å². The summed E-state index contributed by atoms with van der Waals surface area (Å²) in [5, 5.41) is 3.12. The summed E-state index contributed by atoms with van der Waals surface area (Å²) >= 11 is 7.16. The van der Waals surface area contributed by atoms with Crippen molar-refractivity contribution in [3.63, 3.8) is 0 Å². The summed E-state index contributed by atoms with van der Waals surface area (Å²) < 4.78 is 3.68. The number of halogens is 1. The van der Waals surface area contributed by atoms with Crippen LogP contribution in [0.15, 0.2) is 23.1 Å². The Bertz CT molecular complexity index is 520. The van der Waals surface area contributed by atoms with Gasteiger partial charge in [-0.3, -0.25) is 4.79 Å². The predicted octanol–water partition coefficient (Wildman–Crippen LogP) is 2.71. The van der Waals surface area contributed by atoms with Gasteiger partial charge in [0, 0.05) is 4.90 Å². The van der Waals surface area contributed by atoms with Crippen LogP contribution in [0, 0.1) is 0 Å². The van der Waals surface area contributed by atoms with Gasteiger partial charge in [0.25, 0.3) is 5.91 Å². The average Bonchev–Trinajstić information content (AvgIpc) is 2.32. The van der Waals surface area contributed by atoms with E-state index in [1.807, 2.05) is 6.07 Å². The van der Waals surface area contributed by atoms with E-state index in [1.54, 1.807) is 26.0 Å². The monoisotopic (exact) mass is 285 g/mol. The van der Waals surface area contributed by atoms with Crippen LogP contribution in [0.5, 0.6) is 0 Å². The van der Waals surface area contributed by atoms with Crippen molar-refractivity contribution in [1.82, 2.24) is 0 Å². The Morgan fingerprint density at radius 1 is 1.56 bits per heavy atom. The van der Waals surface area contributed by atoms with Gasteiger partial charge < -0.3 is 10.1 Å². The normalized spacial score (nSPS) is 22.1. The Hall–Kier alpha value is -1.20. The number of fused-ring (bicyclic) bond motifs is 1. The molecule has 96 valence electrons. The zero-order valence-electron chi connectivity index (χ0n) is 9.95. The van der Waals surface area contributed by atoms with Crippen LogP contribution in [0.1, 0.15) is 13.8 Å². The number of hydrogen-bond acceptors (Lipinski definition) is 4. The van der Waals surface area contributed by atoms with Crippen LogP contribution in [0.25, 0.3) is 0 Å². The lowest BCUT2D eigenvalue weighted by molar-refractivity contribution is -0.148. The molecule has 1 atom stereocenters. The number of benzene rings is 1. The van der Waals surface area contributed by atoms with Gasteiger partial charge in [-0.15, -0.1) is 0 Å². The van der Waals surface area contributed by atoms with Crippen molar-refractivity contribution in [3.8, 4) is 0 Å². The third-order valence-corrected chi connectivity index (χ3v) is 4.26. The molecule has 0 fully saturated rings. The van der Waals surface area contributed by atoms with Crippen molar-refractivity contribution in [2.45, 2.75) is 23.5 Å². The van der Waals surface area contributed by atoms with Crippen LogP contribution in [0.3, 0.4) is 0 Å². The second-order valence-corrected chi connectivity index (χ2v) is 5.79.